The standard InChI is InChI=1S/C18H15NO4/c20-15(21)11-14-16(12-7-3-1-4-8-12)19(18(23)17(14)22)13-9-5-2-6-10-13/h1-10,16,22H,11H2,(H,20,21)/t16-/m1/s1. The Morgan fingerprint density at radius 2 is 1.57 bits per heavy atom. The number of aliphatic carboxylic acids is 1. The van der Waals surface area contributed by atoms with E-state index >= 15 is 0 Å². The first kappa shape index (κ1) is 14.8. The van der Waals surface area contributed by atoms with Gasteiger partial charge < -0.3 is 10.2 Å². The fourth-order valence-electron chi connectivity index (χ4n) is 2.84. The highest BCUT2D eigenvalue weighted by Gasteiger charge is 2.41. The number of carboxylic acid groups (broad SMARTS) is 1. The van der Waals surface area contributed by atoms with Crippen LogP contribution in [0, 0.1) is 0 Å². The van der Waals surface area contributed by atoms with Gasteiger partial charge in [0.1, 0.15) is 0 Å². The Balaban J connectivity index is 2.13. The van der Waals surface area contributed by atoms with Gasteiger partial charge in [0.2, 0.25) is 0 Å². The van der Waals surface area contributed by atoms with Crippen LogP contribution in [-0.2, 0) is 9.59 Å². The van der Waals surface area contributed by atoms with Crippen LogP contribution in [0.2, 0.25) is 0 Å². The molecule has 0 radical (unpaired) electrons. The molecule has 3 rings (SSSR count). The average Bonchev–Trinajstić information content (AvgIpc) is 2.81. The maximum absolute atomic E-state index is 12.5. The van der Waals surface area contributed by atoms with Crippen LogP contribution in [0.5, 0.6) is 0 Å². The van der Waals surface area contributed by atoms with Gasteiger partial charge in [0.25, 0.3) is 5.91 Å². The van der Waals surface area contributed by atoms with E-state index in [2.05, 4.69) is 0 Å². The molecule has 0 aliphatic carbocycles. The topological polar surface area (TPSA) is 77.8 Å². The Hall–Kier alpha value is -3.08. The Kier molecular flexibility index (Phi) is 3.85. The normalized spacial score (nSPS) is 17.7. The lowest BCUT2D eigenvalue weighted by Crippen LogP contribution is -2.30. The molecule has 5 heteroatoms. The van der Waals surface area contributed by atoms with Gasteiger partial charge in [-0.05, 0) is 17.7 Å². The lowest BCUT2D eigenvalue weighted by Gasteiger charge is -2.27. The van der Waals surface area contributed by atoms with E-state index in [1.165, 1.54) is 4.90 Å². The predicted octanol–water partition coefficient (Wildman–Crippen LogP) is 3.06. The van der Waals surface area contributed by atoms with Crippen molar-refractivity contribution >= 4 is 17.6 Å². The molecule has 0 aromatic heterocycles. The summed E-state index contributed by atoms with van der Waals surface area (Å²) in [5.41, 5.74) is 1.57. The second-order valence-corrected chi connectivity index (χ2v) is 5.27. The summed E-state index contributed by atoms with van der Waals surface area (Å²) in [6, 6.07) is 17.4. The highest BCUT2D eigenvalue weighted by Crippen LogP contribution is 2.41. The lowest BCUT2D eigenvalue weighted by molar-refractivity contribution is -0.136. The summed E-state index contributed by atoms with van der Waals surface area (Å²) in [4.78, 5) is 25.1. The number of benzene rings is 2. The third-order valence-electron chi connectivity index (χ3n) is 3.81. The second-order valence-electron chi connectivity index (χ2n) is 5.27. The molecule has 1 aliphatic rings. The highest BCUT2D eigenvalue weighted by atomic mass is 16.4. The van der Waals surface area contributed by atoms with Crippen molar-refractivity contribution in [2.75, 3.05) is 4.90 Å². The van der Waals surface area contributed by atoms with Gasteiger partial charge in [-0.1, -0.05) is 48.5 Å². The smallest absolute Gasteiger partial charge is 0.307 e. The number of hydrogen-bond acceptors (Lipinski definition) is 3. The number of para-hydroxylation sites is 1. The van der Waals surface area contributed by atoms with Crippen molar-refractivity contribution in [1.29, 1.82) is 0 Å². The van der Waals surface area contributed by atoms with Crippen LogP contribution in [0.3, 0.4) is 0 Å². The molecule has 0 saturated carbocycles. The van der Waals surface area contributed by atoms with Crippen molar-refractivity contribution in [2.45, 2.75) is 12.5 Å². The van der Waals surface area contributed by atoms with Crippen molar-refractivity contribution < 1.29 is 19.8 Å². The number of carboxylic acids is 1. The van der Waals surface area contributed by atoms with Crippen LogP contribution in [0.25, 0.3) is 0 Å². The summed E-state index contributed by atoms with van der Waals surface area (Å²) in [6.45, 7) is 0. The van der Waals surface area contributed by atoms with Crippen LogP contribution >= 0.6 is 0 Å². The Labute approximate surface area is 133 Å². The molecule has 2 N–H and O–H groups in total. The fraction of sp³-hybridized carbons (Fsp3) is 0.111. The SMILES string of the molecule is O=C(O)CC1=C(O)C(=O)N(c2ccccc2)[C@@H]1c1ccccc1. The minimum atomic E-state index is -1.09. The summed E-state index contributed by atoms with van der Waals surface area (Å²) >= 11 is 0. The van der Waals surface area contributed by atoms with E-state index in [-0.39, 0.29) is 12.0 Å². The third kappa shape index (κ3) is 2.68. The maximum atomic E-state index is 12.5. The molecular formula is C18H15NO4. The molecule has 2 aromatic carbocycles. The number of aliphatic hydroxyl groups excluding tert-OH is 1. The fourth-order valence-corrected chi connectivity index (χ4v) is 2.84. The first-order valence-electron chi connectivity index (χ1n) is 7.17. The summed E-state index contributed by atoms with van der Waals surface area (Å²) in [7, 11) is 0. The van der Waals surface area contributed by atoms with Crippen LogP contribution in [0.15, 0.2) is 72.0 Å². The van der Waals surface area contributed by atoms with E-state index in [1.807, 2.05) is 36.4 Å². The van der Waals surface area contributed by atoms with Gasteiger partial charge in [0.15, 0.2) is 5.76 Å². The Morgan fingerprint density at radius 3 is 2.13 bits per heavy atom. The van der Waals surface area contributed by atoms with Gasteiger partial charge >= 0.3 is 5.97 Å². The number of carbonyl (C=O) groups is 2. The minimum absolute atomic E-state index is 0.206. The van der Waals surface area contributed by atoms with Gasteiger partial charge in [-0.2, -0.15) is 0 Å². The molecule has 1 heterocycles. The zero-order valence-electron chi connectivity index (χ0n) is 12.2. The molecule has 116 valence electrons. The zero-order valence-corrected chi connectivity index (χ0v) is 12.2. The number of amides is 1. The molecule has 1 aliphatic heterocycles. The minimum Gasteiger partial charge on any atom is -0.503 e. The molecule has 23 heavy (non-hydrogen) atoms. The van der Waals surface area contributed by atoms with Crippen LogP contribution in [0.1, 0.15) is 18.0 Å². The highest BCUT2D eigenvalue weighted by molar-refractivity contribution is 6.09. The number of carbonyl (C=O) groups excluding carboxylic acids is 1. The lowest BCUT2D eigenvalue weighted by atomic mass is 9.96. The molecule has 0 unspecified atom stereocenters. The largest absolute Gasteiger partial charge is 0.503 e. The third-order valence-corrected chi connectivity index (χ3v) is 3.81. The Bertz CT molecular complexity index is 768. The zero-order chi connectivity index (χ0) is 16.4. The van der Waals surface area contributed by atoms with Gasteiger partial charge in [-0.25, -0.2) is 0 Å². The van der Waals surface area contributed by atoms with E-state index in [4.69, 9.17) is 5.11 Å². The molecular weight excluding hydrogens is 294 g/mol. The summed E-state index contributed by atoms with van der Waals surface area (Å²) in [5, 5.41) is 19.3. The number of anilines is 1. The number of nitrogens with zero attached hydrogens (tertiary/aromatic N) is 1. The van der Waals surface area contributed by atoms with E-state index < -0.39 is 23.7 Å². The van der Waals surface area contributed by atoms with E-state index in [9.17, 15) is 14.7 Å². The molecule has 5 nitrogen and oxygen atoms in total. The van der Waals surface area contributed by atoms with Crippen molar-refractivity contribution in [3.8, 4) is 0 Å². The average molecular weight is 309 g/mol. The van der Waals surface area contributed by atoms with Crippen LogP contribution < -0.4 is 4.90 Å². The molecule has 0 bridgehead atoms. The molecule has 2 aromatic rings. The van der Waals surface area contributed by atoms with Crippen LogP contribution in [0.4, 0.5) is 5.69 Å². The summed E-state index contributed by atoms with van der Waals surface area (Å²) in [5.74, 6) is -2.15. The molecule has 0 saturated heterocycles. The predicted molar refractivity (Wildman–Crippen MR) is 85.0 cm³/mol. The second kappa shape index (κ2) is 5.96. The van der Waals surface area contributed by atoms with Gasteiger partial charge in [0, 0.05) is 11.3 Å². The monoisotopic (exact) mass is 309 g/mol. The van der Waals surface area contributed by atoms with Crippen molar-refractivity contribution in [3.63, 3.8) is 0 Å². The van der Waals surface area contributed by atoms with Crippen molar-refractivity contribution in [3.05, 3.63) is 77.6 Å². The van der Waals surface area contributed by atoms with Crippen molar-refractivity contribution in [2.24, 2.45) is 0 Å². The first-order valence-corrected chi connectivity index (χ1v) is 7.17. The quantitative estimate of drug-likeness (QED) is 0.910. The van der Waals surface area contributed by atoms with Gasteiger partial charge in [-0.15, -0.1) is 0 Å². The first-order chi connectivity index (χ1) is 11.1. The Morgan fingerprint density at radius 1 is 1.00 bits per heavy atom. The van der Waals surface area contributed by atoms with Gasteiger partial charge in [0.05, 0.1) is 12.5 Å². The molecule has 0 spiro atoms. The van der Waals surface area contributed by atoms with E-state index in [1.54, 1.807) is 24.3 Å². The number of hydrogen-bond donors (Lipinski definition) is 2. The van der Waals surface area contributed by atoms with E-state index in [0.717, 1.165) is 5.56 Å². The maximum Gasteiger partial charge on any atom is 0.307 e. The molecule has 0 fully saturated rings. The summed E-state index contributed by atoms with van der Waals surface area (Å²) in [6.07, 6.45) is -0.388. The summed E-state index contributed by atoms with van der Waals surface area (Å²) < 4.78 is 0. The number of aliphatic hydroxyl groups is 1. The van der Waals surface area contributed by atoms with Gasteiger partial charge in [-0.3, -0.25) is 14.5 Å². The van der Waals surface area contributed by atoms with E-state index in [0.29, 0.717) is 5.69 Å². The van der Waals surface area contributed by atoms with Crippen molar-refractivity contribution in [1.82, 2.24) is 0 Å². The number of rotatable bonds is 4. The van der Waals surface area contributed by atoms with Crippen LogP contribution in [-0.4, -0.2) is 22.1 Å². The molecule has 1 amide bonds. The molecule has 1 atom stereocenters.